The number of hydrogen-bond acceptors (Lipinski definition) is 3. The summed E-state index contributed by atoms with van der Waals surface area (Å²) in [5.74, 6) is 2.61. The van der Waals surface area contributed by atoms with Crippen LogP contribution in [0.25, 0.3) is 11.0 Å². The van der Waals surface area contributed by atoms with Crippen LogP contribution in [0.3, 0.4) is 0 Å². The number of hydrogen-bond donors (Lipinski definition) is 0. The number of ether oxygens (including phenoxy) is 2. The van der Waals surface area contributed by atoms with E-state index in [1.54, 1.807) is 7.11 Å². The highest BCUT2D eigenvalue weighted by Gasteiger charge is 2.13. The van der Waals surface area contributed by atoms with E-state index < -0.39 is 0 Å². The van der Waals surface area contributed by atoms with Crippen LogP contribution in [0.5, 0.6) is 11.5 Å². The molecule has 4 nitrogen and oxygen atoms in total. The molecule has 4 aromatic rings. The van der Waals surface area contributed by atoms with Gasteiger partial charge in [-0.15, -0.1) is 0 Å². The van der Waals surface area contributed by atoms with Crippen molar-refractivity contribution in [1.82, 2.24) is 9.55 Å². The van der Waals surface area contributed by atoms with Crippen molar-refractivity contribution in [2.24, 2.45) is 0 Å². The molecule has 0 saturated carbocycles. The Kier molecular flexibility index (Phi) is 4.79. The highest BCUT2D eigenvalue weighted by atomic mass is 16.5. The first-order valence-corrected chi connectivity index (χ1v) is 9.00. The third-order valence-corrected chi connectivity index (χ3v) is 4.64. The van der Waals surface area contributed by atoms with Crippen molar-refractivity contribution in [3.05, 3.63) is 89.7 Å². The Labute approximate surface area is 159 Å². The van der Waals surface area contributed by atoms with E-state index in [0.29, 0.717) is 13.2 Å². The third kappa shape index (κ3) is 3.65. The zero-order valence-electron chi connectivity index (χ0n) is 15.6. The maximum atomic E-state index is 6.00. The second kappa shape index (κ2) is 7.54. The van der Waals surface area contributed by atoms with E-state index in [1.165, 1.54) is 5.56 Å². The summed E-state index contributed by atoms with van der Waals surface area (Å²) >= 11 is 0. The van der Waals surface area contributed by atoms with Gasteiger partial charge in [0.2, 0.25) is 0 Å². The minimum atomic E-state index is 0.410. The number of benzene rings is 3. The summed E-state index contributed by atoms with van der Waals surface area (Å²) in [5, 5.41) is 0. The van der Waals surface area contributed by atoms with Crippen molar-refractivity contribution in [3.8, 4) is 11.5 Å². The fraction of sp³-hybridized carbons (Fsp3) is 0.174. The highest BCUT2D eigenvalue weighted by molar-refractivity contribution is 5.76. The molecule has 0 unspecified atom stereocenters. The minimum Gasteiger partial charge on any atom is -0.496 e. The van der Waals surface area contributed by atoms with Gasteiger partial charge in [-0.2, -0.15) is 0 Å². The van der Waals surface area contributed by atoms with Crippen LogP contribution in [0.15, 0.2) is 72.8 Å². The van der Waals surface area contributed by atoms with Crippen LogP contribution in [0, 0.1) is 6.92 Å². The van der Waals surface area contributed by atoms with E-state index in [9.17, 15) is 0 Å². The van der Waals surface area contributed by atoms with E-state index in [1.807, 2.05) is 60.7 Å². The average Bonchev–Trinajstić information content (AvgIpc) is 3.05. The number of aryl methyl sites for hydroxylation is 1. The van der Waals surface area contributed by atoms with Crippen molar-refractivity contribution in [3.63, 3.8) is 0 Å². The first-order chi connectivity index (χ1) is 13.2. The van der Waals surface area contributed by atoms with E-state index in [-0.39, 0.29) is 0 Å². The number of rotatable bonds is 6. The molecular formula is C23H22N2O2. The average molecular weight is 358 g/mol. The highest BCUT2D eigenvalue weighted by Crippen LogP contribution is 2.24. The van der Waals surface area contributed by atoms with Crippen molar-refractivity contribution in [2.75, 3.05) is 7.11 Å². The molecule has 0 spiro atoms. The zero-order valence-corrected chi connectivity index (χ0v) is 15.6. The van der Waals surface area contributed by atoms with Crippen LogP contribution < -0.4 is 9.47 Å². The molecule has 1 aromatic heterocycles. The molecule has 0 bridgehead atoms. The molecule has 0 aliphatic heterocycles. The summed E-state index contributed by atoms with van der Waals surface area (Å²) in [4.78, 5) is 4.79. The van der Waals surface area contributed by atoms with Crippen LogP contribution >= 0.6 is 0 Å². The number of fused-ring (bicyclic) bond motifs is 1. The van der Waals surface area contributed by atoms with Crippen LogP contribution in [0.4, 0.5) is 0 Å². The molecule has 27 heavy (non-hydrogen) atoms. The summed E-state index contributed by atoms with van der Waals surface area (Å²) in [7, 11) is 1.70. The second-order valence-electron chi connectivity index (χ2n) is 6.52. The maximum absolute atomic E-state index is 6.00. The van der Waals surface area contributed by atoms with Gasteiger partial charge in [-0.3, -0.25) is 0 Å². The molecule has 0 N–H and O–H groups in total. The number of para-hydroxylation sites is 3. The molecule has 3 aromatic carbocycles. The van der Waals surface area contributed by atoms with Gasteiger partial charge >= 0.3 is 0 Å². The molecule has 0 amide bonds. The largest absolute Gasteiger partial charge is 0.496 e. The Hall–Kier alpha value is -3.27. The van der Waals surface area contributed by atoms with Gasteiger partial charge in [-0.25, -0.2) is 4.98 Å². The lowest BCUT2D eigenvalue weighted by molar-refractivity contribution is 0.291. The summed E-state index contributed by atoms with van der Waals surface area (Å²) in [6.45, 7) is 3.15. The predicted octanol–water partition coefficient (Wildman–Crippen LogP) is 4.98. The Morgan fingerprint density at radius 2 is 1.63 bits per heavy atom. The maximum Gasteiger partial charge on any atom is 0.148 e. The van der Waals surface area contributed by atoms with Gasteiger partial charge in [0.1, 0.15) is 23.9 Å². The number of nitrogens with zero attached hydrogens (tertiary/aromatic N) is 2. The fourth-order valence-corrected chi connectivity index (χ4v) is 3.20. The van der Waals surface area contributed by atoms with Gasteiger partial charge < -0.3 is 14.0 Å². The Bertz CT molecular complexity index is 1050. The molecule has 0 fully saturated rings. The molecule has 0 saturated heterocycles. The van der Waals surface area contributed by atoms with Crippen LogP contribution in [-0.2, 0) is 13.2 Å². The van der Waals surface area contributed by atoms with Gasteiger partial charge in [0.15, 0.2) is 0 Å². The molecule has 0 aliphatic rings. The van der Waals surface area contributed by atoms with Gasteiger partial charge in [0.25, 0.3) is 0 Å². The van der Waals surface area contributed by atoms with E-state index in [2.05, 4.69) is 23.6 Å². The van der Waals surface area contributed by atoms with E-state index in [0.717, 1.165) is 33.9 Å². The van der Waals surface area contributed by atoms with Crippen molar-refractivity contribution >= 4 is 11.0 Å². The minimum absolute atomic E-state index is 0.410. The summed E-state index contributed by atoms with van der Waals surface area (Å²) in [6.07, 6.45) is 0. The lowest BCUT2D eigenvalue weighted by Crippen LogP contribution is -2.09. The third-order valence-electron chi connectivity index (χ3n) is 4.64. The molecule has 136 valence electrons. The Morgan fingerprint density at radius 1 is 0.889 bits per heavy atom. The molecule has 0 radical (unpaired) electrons. The standard InChI is InChI=1S/C23H22N2O2/c1-17-11-13-19(14-12-17)27-16-23-24-20-8-4-5-9-21(20)25(23)15-18-7-3-6-10-22(18)26-2/h3-14H,15-16H2,1-2H3. The van der Waals surface area contributed by atoms with Gasteiger partial charge in [-0.1, -0.05) is 48.0 Å². The number of methoxy groups -OCH3 is 1. The SMILES string of the molecule is COc1ccccc1Cn1c(COc2ccc(C)cc2)nc2ccccc21. The van der Waals surface area contributed by atoms with Gasteiger partial charge in [-0.05, 0) is 37.3 Å². The predicted molar refractivity (Wildman–Crippen MR) is 107 cm³/mol. The molecular weight excluding hydrogens is 336 g/mol. The van der Waals surface area contributed by atoms with Gasteiger partial charge in [0, 0.05) is 5.56 Å². The molecule has 4 heteroatoms. The zero-order chi connectivity index (χ0) is 18.6. The first-order valence-electron chi connectivity index (χ1n) is 9.00. The molecule has 0 atom stereocenters. The number of aromatic nitrogens is 2. The molecule has 0 aliphatic carbocycles. The van der Waals surface area contributed by atoms with E-state index >= 15 is 0 Å². The van der Waals surface area contributed by atoms with Crippen LogP contribution in [-0.4, -0.2) is 16.7 Å². The topological polar surface area (TPSA) is 36.3 Å². The first kappa shape index (κ1) is 17.2. The van der Waals surface area contributed by atoms with Gasteiger partial charge in [0.05, 0.1) is 24.7 Å². The second-order valence-corrected chi connectivity index (χ2v) is 6.52. The monoisotopic (exact) mass is 358 g/mol. The fourth-order valence-electron chi connectivity index (χ4n) is 3.20. The van der Waals surface area contributed by atoms with Crippen LogP contribution in [0.1, 0.15) is 17.0 Å². The van der Waals surface area contributed by atoms with E-state index in [4.69, 9.17) is 14.5 Å². The van der Waals surface area contributed by atoms with Crippen molar-refractivity contribution in [1.29, 1.82) is 0 Å². The van der Waals surface area contributed by atoms with Crippen molar-refractivity contribution in [2.45, 2.75) is 20.1 Å². The smallest absolute Gasteiger partial charge is 0.148 e. The van der Waals surface area contributed by atoms with Crippen molar-refractivity contribution < 1.29 is 9.47 Å². The molecule has 4 rings (SSSR count). The quantitative estimate of drug-likeness (QED) is 0.488. The molecule has 1 heterocycles. The summed E-state index contributed by atoms with van der Waals surface area (Å²) in [6, 6.07) is 24.3. The lowest BCUT2D eigenvalue weighted by Gasteiger charge is -2.13. The summed E-state index contributed by atoms with van der Waals surface area (Å²) < 4.78 is 13.7. The van der Waals surface area contributed by atoms with Crippen LogP contribution in [0.2, 0.25) is 0 Å². The lowest BCUT2D eigenvalue weighted by atomic mass is 10.2. The number of imidazole rings is 1. The normalized spacial score (nSPS) is 10.9. The Balaban J connectivity index is 1.67. The summed E-state index contributed by atoms with van der Waals surface area (Å²) in [5.41, 5.74) is 4.38. The Morgan fingerprint density at radius 3 is 2.44 bits per heavy atom.